The van der Waals surface area contributed by atoms with Crippen LogP contribution in [0.25, 0.3) is 0 Å². The molecule has 1 aliphatic heterocycles. The summed E-state index contributed by atoms with van der Waals surface area (Å²) in [5.41, 5.74) is 3.76. The summed E-state index contributed by atoms with van der Waals surface area (Å²) < 4.78 is 10.0. The molecule has 1 N–H and O–H groups in total. The Morgan fingerprint density at radius 2 is 1.75 bits per heavy atom. The maximum absolute atomic E-state index is 12.4. The van der Waals surface area contributed by atoms with Crippen LogP contribution in [0.2, 0.25) is 0 Å². The molecular weight excluding hydrogens is 412 g/mol. The number of anilines is 2. The van der Waals surface area contributed by atoms with E-state index >= 15 is 0 Å². The quantitative estimate of drug-likeness (QED) is 0.667. The molecule has 8 nitrogen and oxygen atoms in total. The first-order chi connectivity index (χ1) is 15.3. The predicted octanol–water partition coefficient (Wildman–Crippen LogP) is 3.01. The normalized spacial score (nSPS) is 15.4. The lowest BCUT2D eigenvalue weighted by Gasteiger charge is -2.17. The van der Waals surface area contributed by atoms with Crippen LogP contribution in [0.1, 0.15) is 34.8 Å². The van der Waals surface area contributed by atoms with Crippen LogP contribution in [-0.2, 0) is 23.9 Å². The Morgan fingerprint density at radius 1 is 1.03 bits per heavy atom. The third-order valence-corrected chi connectivity index (χ3v) is 5.29. The van der Waals surface area contributed by atoms with E-state index < -0.39 is 30.4 Å². The zero-order valence-corrected chi connectivity index (χ0v) is 18.3. The molecule has 3 rings (SSSR count). The zero-order chi connectivity index (χ0) is 23.3. The number of amides is 2. The molecule has 0 aliphatic carbocycles. The maximum atomic E-state index is 12.4. The maximum Gasteiger partial charge on any atom is 0.338 e. The van der Waals surface area contributed by atoms with Crippen LogP contribution in [-0.4, -0.2) is 43.5 Å². The Labute approximate surface area is 186 Å². The van der Waals surface area contributed by atoms with E-state index in [4.69, 9.17) is 9.47 Å². The van der Waals surface area contributed by atoms with Crippen molar-refractivity contribution < 1.29 is 28.7 Å². The summed E-state index contributed by atoms with van der Waals surface area (Å²) in [6, 6.07) is 11.9. The number of nitrogens with zero attached hydrogens (tertiary/aromatic N) is 1. The van der Waals surface area contributed by atoms with E-state index in [0.717, 1.165) is 16.8 Å². The minimum absolute atomic E-state index is 0.0443. The molecule has 0 saturated carbocycles. The van der Waals surface area contributed by atoms with Gasteiger partial charge in [0.25, 0.3) is 5.91 Å². The summed E-state index contributed by atoms with van der Waals surface area (Å²) in [6.07, 6.45) is 0.0443. The zero-order valence-electron chi connectivity index (χ0n) is 18.3. The van der Waals surface area contributed by atoms with Crippen LogP contribution in [0.4, 0.5) is 11.4 Å². The van der Waals surface area contributed by atoms with Crippen molar-refractivity contribution in [1.82, 2.24) is 0 Å². The molecule has 0 aromatic heterocycles. The third kappa shape index (κ3) is 5.51. The minimum Gasteiger partial charge on any atom is -0.462 e. The lowest BCUT2D eigenvalue weighted by molar-refractivity contribution is -0.151. The molecule has 8 heteroatoms. The molecular formula is C24H26N2O6. The second kappa shape index (κ2) is 10.1. The van der Waals surface area contributed by atoms with Gasteiger partial charge in [-0.15, -0.1) is 0 Å². The highest BCUT2D eigenvalue weighted by atomic mass is 16.5. The molecule has 0 unspecified atom stereocenters. The number of benzene rings is 2. The Balaban J connectivity index is 1.50. The first-order valence-corrected chi connectivity index (χ1v) is 10.4. The van der Waals surface area contributed by atoms with Gasteiger partial charge in [-0.25, -0.2) is 4.79 Å². The Bertz CT molecular complexity index is 1030. The molecule has 168 valence electrons. The average Bonchev–Trinajstić information content (AvgIpc) is 3.16. The minimum atomic E-state index is -0.624. The lowest BCUT2D eigenvalue weighted by atomic mass is 10.1. The molecule has 1 aliphatic rings. The van der Waals surface area contributed by atoms with Crippen LogP contribution >= 0.6 is 0 Å². The van der Waals surface area contributed by atoms with Gasteiger partial charge in [0.1, 0.15) is 0 Å². The summed E-state index contributed by atoms with van der Waals surface area (Å²) in [5.74, 6) is -2.32. The van der Waals surface area contributed by atoms with Crippen LogP contribution in [0.15, 0.2) is 42.5 Å². The molecule has 1 atom stereocenters. The first-order valence-electron chi connectivity index (χ1n) is 10.4. The van der Waals surface area contributed by atoms with E-state index in [2.05, 4.69) is 5.32 Å². The summed E-state index contributed by atoms with van der Waals surface area (Å²) in [5, 5.41) is 2.60. The Morgan fingerprint density at radius 3 is 2.41 bits per heavy atom. The Kier molecular flexibility index (Phi) is 7.25. The standard InChI is InChI=1S/C24H26N2O6/c1-4-31-23(29)17-6-8-19(9-7-17)25-21(27)14-32-24(30)18-12-22(28)26(13-18)20-10-5-15(2)16(3)11-20/h5-11,18H,4,12-14H2,1-3H3,(H,25,27)/t18-/m1/s1. The fourth-order valence-electron chi connectivity index (χ4n) is 3.36. The van der Waals surface area contributed by atoms with Gasteiger partial charge >= 0.3 is 11.9 Å². The topological polar surface area (TPSA) is 102 Å². The van der Waals surface area contributed by atoms with Gasteiger partial charge in [0, 0.05) is 24.3 Å². The number of carbonyl (C=O) groups excluding carboxylic acids is 4. The molecule has 32 heavy (non-hydrogen) atoms. The van der Waals surface area contributed by atoms with E-state index in [1.54, 1.807) is 24.0 Å². The summed E-state index contributed by atoms with van der Waals surface area (Å²) >= 11 is 0. The molecule has 2 amide bonds. The number of hydrogen-bond donors (Lipinski definition) is 1. The molecule has 2 aromatic rings. The van der Waals surface area contributed by atoms with Crippen molar-refractivity contribution in [2.75, 3.05) is 30.0 Å². The number of nitrogens with one attached hydrogen (secondary N) is 1. The average molecular weight is 438 g/mol. The van der Waals surface area contributed by atoms with Crippen molar-refractivity contribution in [2.45, 2.75) is 27.2 Å². The molecule has 2 aromatic carbocycles. The molecule has 1 saturated heterocycles. The van der Waals surface area contributed by atoms with Crippen molar-refractivity contribution in [3.8, 4) is 0 Å². The van der Waals surface area contributed by atoms with Crippen molar-refractivity contribution in [3.05, 3.63) is 59.2 Å². The highest BCUT2D eigenvalue weighted by molar-refractivity contribution is 6.00. The number of hydrogen-bond acceptors (Lipinski definition) is 6. The van der Waals surface area contributed by atoms with Crippen LogP contribution in [0, 0.1) is 19.8 Å². The lowest BCUT2D eigenvalue weighted by Crippen LogP contribution is -2.28. The number of carbonyl (C=O) groups is 4. The number of ether oxygens (including phenoxy) is 2. The van der Waals surface area contributed by atoms with E-state index in [9.17, 15) is 19.2 Å². The van der Waals surface area contributed by atoms with Crippen molar-refractivity contribution >= 4 is 35.1 Å². The van der Waals surface area contributed by atoms with E-state index in [1.807, 2.05) is 32.0 Å². The van der Waals surface area contributed by atoms with Gasteiger partial charge in [-0.1, -0.05) is 6.07 Å². The van der Waals surface area contributed by atoms with Crippen molar-refractivity contribution in [3.63, 3.8) is 0 Å². The third-order valence-electron chi connectivity index (χ3n) is 5.29. The molecule has 1 heterocycles. The molecule has 0 radical (unpaired) electrons. The highest BCUT2D eigenvalue weighted by Gasteiger charge is 2.36. The predicted molar refractivity (Wildman–Crippen MR) is 118 cm³/mol. The largest absolute Gasteiger partial charge is 0.462 e. The molecule has 0 bridgehead atoms. The molecule has 1 fully saturated rings. The second-order valence-corrected chi connectivity index (χ2v) is 7.63. The smallest absolute Gasteiger partial charge is 0.338 e. The van der Waals surface area contributed by atoms with E-state index in [0.29, 0.717) is 11.3 Å². The highest BCUT2D eigenvalue weighted by Crippen LogP contribution is 2.27. The van der Waals surface area contributed by atoms with Crippen LogP contribution in [0.3, 0.4) is 0 Å². The summed E-state index contributed by atoms with van der Waals surface area (Å²) in [4.78, 5) is 50.1. The van der Waals surface area contributed by atoms with Gasteiger partial charge in [0.15, 0.2) is 6.61 Å². The van der Waals surface area contributed by atoms with Gasteiger partial charge in [0.05, 0.1) is 18.1 Å². The van der Waals surface area contributed by atoms with Gasteiger partial charge < -0.3 is 19.7 Å². The van der Waals surface area contributed by atoms with Crippen LogP contribution in [0.5, 0.6) is 0 Å². The van der Waals surface area contributed by atoms with Crippen molar-refractivity contribution in [2.24, 2.45) is 5.92 Å². The van der Waals surface area contributed by atoms with Gasteiger partial charge in [-0.3, -0.25) is 14.4 Å². The number of aryl methyl sites for hydroxylation is 2. The van der Waals surface area contributed by atoms with Crippen molar-refractivity contribution in [1.29, 1.82) is 0 Å². The van der Waals surface area contributed by atoms with Gasteiger partial charge in [0.2, 0.25) is 5.91 Å². The fraction of sp³-hybridized carbons (Fsp3) is 0.333. The first kappa shape index (κ1) is 23.0. The SMILES string of the molecule is CCOC(=O)c1ccc(NC(=O)COC(=O)[C@@H]2CC(=O)N(c3ccc(C)c(C)c3)C2)cc1. The Hall–Kier alpha value is -3.68. The monoisotopic (exact) mass is 438 g/mol. The van der Waals surface area contributed by atoms with Gasteiger partial charge in [-0.2, -0.15) is 0 Å². The van der Waals surface area contributed by atoms with Gasteiger partial charge in [-0.05, 0) is 68.3 Å². The number of esters is 2. The van der Waals surface area contributed by atoms with E-state index in [-0.39, 0.29) is 25.5 Å². The fourth-order valence-corrected chi connectivity index (χ4v) is 3.36. The number of rotatable bonds is 7. The van der Waals surface area contributed by atoms with E-state index in [1.165, 1.54) is 12.1 Å². The van der Waals surface area contributed by atoms with Crippen LogP contribution < -0.4 is 10.2 Å². The second-order valence-electron chi connectivity index (χ2n) is 7.63. The summed E-state index contributed by atoms with van der Waals surface area (Å²) in [6.45, 7) is 5.71. The summed E-state index contributed by atoms with van der Waals surface area (Å²) in [7, 11) is 0. The molecule has 0 spiro atoms.